The molecule has 0 N–H and O–H groups in total. The highest BCUT2D eigenvalue weighted by atomic mass is 16.7. The summed E-state index contributed by atoms with van der Waals surface area (Å²) >= 11 is 0. The largest absolute Gasteiger partial charge is 0.454 e. The fourth-order valence-corrected chi connectivity index (χ4v) is 2.41. The third-order valence-electron chi connectivity index (χ3n) is 3.60. The predicted molar refractivity (Wildman–Crippen MR) is 82.8 cm³/mol. The number of carbonyl (C=O) groups is 1. The number of morpholine rings is 1. The minimum atomic E-state index is 0.0294. The van der Waals surface area contributed by atoms with Crippen LogP contribution >= 0.6 is 0 Å². The SMILES string of the molecule is CC(/C=C/C(=O)N1CCOCC1)=C\c1ccc2c(c1)OCO2. The molecule has 2 heterocycles. The van der Waals surface area contributed by atoms with E-state index in [2.05, 4.69) is 0 Å². The smallest absolute Gasteiger partial charge is 0.246 e. The molecular formula is C17H19NO4. The summed E-state index contributed by atoms with van der Waals surface area (Å²) in [4.78, 5) is 13.8. The van der Waals surface area contributed by atoms with E-state index in [0.717, 1.165) is 22.6 Å². The lowest BCUT2D eigenvalue weighted by molar-refractivity contribution is -0.129. The molecule has 3 rings (SSSR count). The van der Waals surface area contributed by atoms with Gasteiger partial charge in [0, 0.05) is 19.2 Å². The van der Waals surface area contributed by atoms with Crippen molar-refractivity contribution in [1.29, 1.82) is 0 Å². The van der Waals surface area contributed by atoms with Gasteiger partial charge < -0.3 is 19.1 Å². The highest BCUT2D eigenvalue weighted by Crippen LogP contribution is 2.33. The highest BCUT2D eigenvalue weighted by Gasteiger charge is 2.14. The fourth-order valence-electron chi connectivity index (χ4n) is 2.41. The van der Waals surface area contributed by atoms with Crippen molar-refractivity contribution >= 4 is 12.0 Å². The molecule has 0 radical (unpaired) electrons. The van der Waals surface area contributed by atoms with Crippen molar-refractivity contribution in [2.75, 3.05) is 33.1 Å². The van der Waals surface area contributed by atoms with Crippen molar-refractivity contribution in [2.24, 2.45) is 0 Å². The number of allylic oxidation sites excluding steroid dienone is 2. The summed E-state index contributed by atoms with van der Waals surface area (Å²) < 4.78 is 15.9. The van der Waals surface area contributed by atoms with E-state index in [1.807, 2.05) is 37.3 Å². The number of rotatable bonds is 3. The number of carbonyl (C=O) groups excluding carboxylic acids is 1. The van der Waals surface area contributed by atoms with E-state index in [1.165, 1.54) is 0 Å². The van der Waals surface area contributed by atoms with Gasteiger partial charge in [0.2, 0.25) is 12.7 Å². The van der Waals surface area contributed by atoms with E-state index in [9.17, 15) is 4.79 Å². The molecule has 1 amide bonds. The second-order valence-corrected chi connectivity index (χ2v) is 5.27. The fraction of sp³-hybridized carbons (Fsp3) is 0.353. The molecule has 0 saturated carbocycles. The maximum atomic E-state index is 12.0. The minimum absolute atomic E-state index is 0.0294. The Morgan fingerprint density at radius 2 is 1.91 bits per heavy atom. The maximum Gasteiger partial charge on any atom is 0.246 e. The van der Waals surface area contributed by atoms with E-state index in [1.54, 1.807) is 11.0 Å². The molecule has 1 saturated heterocycles. The Kier molecular flexibility index (Phi) is 4.44. The van der Waals surface area contributed by atoms with Gasteiger partial charge in [-0.25, -0.2) is 0 Å². The molecular weight excluding hydrogens is 282 g/mol. The summed E-state index contributed by atoms with van der Waals surface area (Å²) in [6, 6.07) is 5.79. The average molecular weight is 301 g/mol. The Hall–Kier alpha value is -2.27. The molecule has 5 nitrogen and oxygen atoms in total. The zero-order chi connectivity index (χ0) is 15.4. The molecule has 2 aliphatic rings. The molecule has 0 atom stereocenters. The first-order chi connectivity index (χ1) is 10.7. The number of benzene rings is 1. The number of hydrogen-bond donors (Lipinski definition) is 0. The summed E-state index contributed by atoms with van der Waals surface area (Å²) in [6.45, 7) is 4.79. The van der Waals surface area contributed by atoms with Crippen molar-refractivity contribution in [3.63, 3.8) is 0 Å². The number of hydrogen-bond acceptors (Lipinski definition) is 4. The lowest BCUT2D eigenvalue weighted by Gasteiger charge is -2.25. The quantitative estimate of drug-likeness (QED) is 0.634. The van der Waals surface area contributed by atoms with Crippen LogP contribution in [0.15, 0.2) is 35.9 Å². The summed E-state index contributed by atoms with van der Waals surface area (Å²) in [5, 5.41) is 0. The van der Waals surface area contributed by atoms with Gasteiger partial charge in [-0.15, -0.1) is 0 Å². The normalized spacial score (nSPS) is 18.0. The van der Waals surface area contributed by atoms with Gasteiger partial charge in [0.15, 0.2) is 11.5 Å². The average Bonchev–Trinajstić information content (AvgIpc) is 3.01. The Bertz CT molecular complexity index is 615. The molecule has 0 unspecified atom stereocenters. The van der Waals surface area contributed by atoms with Crippen LogP contribution in [0.1, 0.15) is 12.5 Å². The van der Waals surface area contributed by atoms with Gasteiger partial charge in [-0.1, -0.05) is 23.8 Å². The second-order valence-electron chi connectivity index (χ2n) is 5.27. The maximum absolute atomic E-state index is 12.0. The lowest BCUT2D eigenvalue weighted by atomic mass is 10.1. The third-order valence-corrected chi connectivity index (χ3v) is 3.60. The predicted octanol–water partition coefficient (Wildman–Crippen LogP) is 2.23. The van der Waals surface area contributed by atoms with Crippen molar-refractivity contribution < 1.29 is 19.0 Å². The molecule has 116 valence electrons. The lowest BCUT2D eigenvalue weighted by Crippen LogP contribution is -2.39. The molecule has 1 aromatic carbocycles. The molecule has 1 fully saturated rings. The van der Waals surface area contributed by atoms with Crippen LogP contribution in [0.2, 0.25) is 0 Å². The molecule has 5 heteroatoms. The summed E-state index contributed by atoms with van der Waals surface area (Å²) in [6.07, 6.45) is 5.46. The van der Waals surface area contributed by atoms with Crippen molar-refractivity contribution in [3.8, 4) is 11.5 Å². The van der Waals surface area contributed by atoms with Crippen molar-refractivity contribution in [3.05, 3.63) is 41.5 Å². The first-order valence-corrected chi connectivity index (χ1v) is 7.35. The van der Waals surface area contributed by atoms with Crippen LogP contribution in [0, 0.1) is 0 Å². The van der Waals surface area contributed by atoms with Crippen molar-refractivity contribution in [1.82, 2.24) is 4.90 Å². The zero-order valence-electron chi connectivity index (χ0n) is 12.6. The Labute approximate surface area is 129 Å². The highest BCUT2D eigenvalue weighted by molar-refractivity contribution is 5.88. The number of nitrogens with zero attached hydrogens (tertiary/aromatic N) is 1. The van der Waals surface area contributed by atoms with E-state index >= 15 is 0 Å². The van der Waals surface area contributed by atoms with Crippen LogP contribution in [0.3, 0.4) is 0 Å². The topological polar surface area (TPSA) is 48.0 Å². The van der Waals surface area contributed by atoms with Gasteiger partial charge in [-0.05, 0) is 24.6 Å². The van der Waals surface area contributed by atoms with Crippen LogP contribution < -0.4 is 9.47 Å². The van der Waals surface area contributed by atoms with Gasteiger partial charge >= 0.3 is 0 Å². The molecule has 0 bridgehead atoms. The van der Waals surface area contributed by atoms with Gasteiger partial charge in [-0.2, -0.15) is 0 Å². The van der Waals surface area contributed by atoms with Crippen LogP contribution in [0.25, 0.3) is 6.08 Å². The summed E-state index contributed by atoms with van der Waals surface area (Å²) in [5.41, 5.74) is 2.02. The molecule has 22 heavy (non-hydrogen) atoms. The Morgan fingerprint density at radius 3 is 2.73 bits per heavy atom. The molecule has 2 aliphatic heterocycles. The number of fused-ring (bicyclic) bond motifs is 1. The first kappa shape index (κ1) is 14.7. The minimum Gasteiger partial charge on any atom is -0.454 e. The van der Waals surface area contributed by atoms with Gasteiger partial charge in [0.05, 0.1) is 13.2 Å². The van der Waals surface area contributed by atoms with E-state index in [-0.39, 0.29) is 12.7 Å². The van der Waals surface area contributed by atoms with Crippen LogP contribution in [-0.2, 0) is 9.53 Å². The molecule has 0 aromatic heterocycles. The third kappa shape index (κ3) is 3.49. The number of amides is 1. The van der Waals surface area contributed by atoms with Crippen LogP contribution in [-0.4, -0.2) is 43.9 Å². The summed E-state index contributed by atoms with van der Waals surface area (Å²) in [5.74, 6) is 1.56. The second kappa shape index (κ2) is 6.66. The van der Waals surface area contributed by atoms with Crippen molar-refractivity contribution in [2.45, 2.75) is 6.92 Å². The van der Waals surface area contributed by atoms with Gasteiger partial charge in [0.1, 0.15) is 0 Å². The monoisotopic (exact) mass is 301 g/mol. The van der Waals surface area contributed by atoms with E-state index < -0.39 is 0 Å². The van der Waals surface area contributed by atoms with E-state index in [0.29, 0.717) is 26.3 Å². The van der Waals surface area contributed by atoms with Gasteiger partial charge in [-0.3, -0.25) is 4.79 Å². The first-order valence-electron chi connectivity index (χ1n) is 7.35. The standard InChI is InChI=1S/C17H19NO4/c1-13(2-5-17(19)18-6-8-20-9-7-18)10-14-3-4-15-16(11-14)22-12-21-15/h2-5,10-11H,6-9,12H2,1H3/b5-2+,13-10+. The Balaban J connectivity index is 1.64. The van der Waals surface area contributed by atoms with Crippen LogP contribution in [0.4, 0.5) is 0 Å². The van der Waals surface area contributed by atoms with E-state index in [4.69, 9.17) is 14.2 Å². The molecule has 0 spiro atoms. The number of ether oxygens (including phenoxy) is 3. The zero-order valence-corrected chi connectivity index (χ0v) is 12.6. The summed E-state index contributed by atoms with van der Waals surface area (Å²) in [7, 11) is 0. The Morgan fingerprint density at radius 1 is 1.14 bits per heavy atom. The molecule has 0 aliphatic carbocycles. The van der Waals surface area contributed by atoms with Gasteiger partial charge in [0.25, 0.3) is 0 Å². The van der Waals surface area contributed by atoms with Crippen LogP contribution in [0.5, 0.6) is 11.5 Å². The molecule has 1 aromatic rings.